The highest BCUT2D eigenvalue weighted by molar-refractivity contribution is 9.10. The van der Waals surface area contributed by atoms with Gasteiger partial charge < -0.3 is 14.2 Å². The molecule has 0 aliphatic carbocycles. The first-order valence-corrected chi connectivity index (χ1v) is 8.35. The van der Waals surface area contributed by atoms with E-state index in [2.05, 4.69) is 35.9 Å². The Kier molecular flexibility index (Phi) is 3.72. The zero-order valence-corrected chi connectivity index (χ0v) is 14.6. The van der Waals surface area contributed by atoms with Crippen molar-refractivity contribution in [2.45, 2.75) is 0 Å². The number of rotatable bonds is 2. The molecule has 9 heteroatoms. The lowest BCUT2D eigenvalue weighted by molar-refractivity contribution is 0.0713. The van der Waals surface area contributed by atoms with E-state index in [4.69, 9.17) is 4.42 Å². The van der Waals surface area contributed by atoms with Crippen LogP contribution in [0.5, 0.6) is 0 Å². The van der Waals surface area contributed by atoms with E-state index in [-0.39, 0.29) is 5.91 Å². The molecule has 1 fully saturated rings. The molecule has 0 bridgehead atoms. The third-order valence-electron chi connectivity index (χ3n) is 4.16. The third-order valence-corrected chi connectivity index (χ3v) is 4.59. The Labute approximate surface area is 146 Å². The zero-order chi connectivity index (χ0) is 16.7. The number of amides is 1. The van der Waals surface area contributed by atoms with Crippen LogP contribution in [0.25, 0.3) is 11.0 Å². The van der Waals surface area contributed by atoms with E-state index in [0.717, 1.165) is 16.9 Å². The van der Waals surface area contributed by atoms with Gasteiger partial charge in [0.25, 0.3) is 5.91 Å². The number of furan rings is 1. The minimum absolute atomic E-state index is 0.0884. The maximum atomic E-state index is 12.4. The number of carbonyl (C=O) groups is 1. The van der Waals surface area contributed by atoms with Gasteiger partial charge in [0.2, 0.25) is 0 Å². The Morgan fingerprint density at radius 3 is 2.71 bits per heavy atom. The molecule has 124 valence electrons. The number of carbonyl (C=O) groups excluding carboxylic acids is 1. The predicted octanol–water partition coefficient (Wildman–Crippen LogP) is 1.68. The van der Waals surface area contributed by atoms with Crippen molar-refractivity contribution in [1.29, 1.82) is 0 Å². The second-order valence-electron chi connectivity index (χ2n) is 5.59. The average Bonchev–Trinajstić information content (AvgIpc) is 3.21. The molecule has 1 aliphatic heterocycles. The van der Waals surface area contributed by atoms with Crippen molar-refractivity contribution in [2.75, 3.05) is 31.1 Å². The van der Waals surface area contributed by atoms with E-state index < -0.39 is 0 Å². The summed E-state index contributed by atoms with van der Waals surface area (Å²) in [6, 6.07) is 3.41. The summed E-state index contributed by atoms with van der Waals surface area (Å²) in [6.45, 7) is 2.63. The van der Waals surface area contributed by atoms with Gasteiger partial charge in [0.1, 0.15) is 12.1 Å². The summed E-state index contributed by atoms with van der Waals surface area (Å²) >= 11 is 3.22. The maximum absolute atomic E-state index is 12.4. The fraction of sp³-hybridized carbons (Fsp3) is 0.333. The number of fused-ring (bicyclic) bond motifs is 1. The van der Waals surface area contributed by atoms with Gasteiger partial charge >= 0.3 is 0 Å². The van der Waals surface area contributed by atoms with Crippen molar-refractivity contribution in [3.8, 4) is 0 Å². The minimum atomic E-state index is -0.0884. The van der Waals surface area contributed by atoms with Crippen LogP contribution >= 0.6 is 15.9 Å². The molecule has 24 heavy (non-hydrogen) atoms. The summed E-state index contributed by atoms with van der Waals surface area (Å²) in [5, 5.41) is 5.17. The smallest absolute Gasteiger partial charge is 0.289 e. The second-order valence-corrected chi connectivity index (χ2v) is 6.37. The van der Waals surface area contributed by atoms with E-state index in [1.54, 1.807) is 34.2 Å². The number of halogens is 1. The van der Waals surface area contributed by atoms with Crippen LogP contribution in [0, 0.1) is 0 Å². The summed E-state index contributed by atoms with van der Waals surface area (Å²) < 4.78 is 7.64. The van der Waals surface area contributed by atoms with Gasteiger partial charge in [-0.1, -0.05) is 0 Å². The summed E-state index contributed by atoms with van der Waals surface area (Å²) in [6.07, 6.45) is 3.33. The number of aromatic nitrogens is 4. The molecular formula is C15H15BrN6O2. The SMILES string of the molecule is Cn1ncc2c(N3CCN(C(=O)c4ccc(Br)o4)CC3)ncnc21. The van der Waals surface area contributed by atoms with Crippen LogP contribution in [0.1, 0.15) is 10.6 Å². The number of aryl methyl sites for hydroxylation is 1. The number of anilines is 1. The van der Waals surface area contributed by atoms with Gasteiger partial charge in [-0.2, -0.15) is 5.10 Å². The largest absolute Gasteiger partial charge is 0.444 e. The third kappa shape index (κ3) is 2.54. The van der Waals surface area contributed by atoms with Gasteiger partial charge in [-0.15, -0.1) is 0 Å². The molecule has 0 saturated carbocycles. The molecular weight excluding hydrogens is 376 g/mol. The molecule has 4 rings (SSSR count). The first-order chi connectivity index (χ1) is 11.6. The van der Waals surface area contributed by atoms with Gasteiger partial charge in [0.15, 0.2) is 16.1 Å². The van der Waals surface area contributed by atoms with Crippen LogP contribution < -0.4 is 4.90 Å². The molecule has 0 radical (unpaired) electrons. The molecule has 0 aromatic carbocycles. The lowest BCUT2D eigenvalue weighted by atomic mass is 10.2. The van der Waals surface area contributed by atoms with Crippen LogP contribution in [0.2, 0.25) is 0 Å². The second kappa shape index (κ2) is 5.90. The standard InChI is InChI=1S/C15H15BrN6O2/c1-20-13-10(8-19-20)14(18-9-17-13)21-4-6-22(7-5-21)15(23)11-2-3-12(16)24-11/h2-3,8-9H,4-7H2,1H3. The van der Waals surface area contributed by atoms with E-state index in [1.165, 1.54) is 0 Å². The van der Waals surface area contributed by atoms with Gasteiger partial charge in [-0.05, 0) is 28.1 Å². The number of hydrogen-bond donors (Lipinski definition) is 0. The van der Waals surface area contributed by atoms with Gasteiger partial charge in [0.05, 0.1) is 11.6 Å². The quantitative estimate of drug-likeness (QED) is 0.662. The van der Waals surface area contributed by atoms with Gasteiger partial charge in [-0.25, -0.2) is 9.97 Å². The van der Waals surface area contributed by atoms with Crippen LogP contribution in [0.15, 0.2) is 33.7 Å². The van der Waals surface area contributed by atoms with E-state index in [9.17, 15) is 4.79 Å². The molecule has 0 atom stereocenters. The lowest BCUT2D eigenvalue weighted by Gasteiger charge is -2.35. The number of hydrogen-bond acceptors (Lipinski definition) is 6. The van der Waals surface area contributed by atoms with E-state index >= 15 is 0 Å². The Hall–Kier alpha value is -2.42. The molecule has 3 aromatic heterocycles. The summed E-state index contributed by atoms with van der Waals surface area (Å²) in [4.78, 5) is 25.1. The maximum Gasteiger partial charge on any atom is 0.289 e. The highest BCUT2D eigenvalue weighted by Gasteiger charge is 2.26. The van der Waals surface area contributed by atoms with Crippen LogP contribution in [-0.4, -0.2) is 56.7 Å². The van der Waals surface area contributed by atoms with Crippen molar-refractivity contribution in [1.82, 2.24) is 24.6 Å². The van der Waals surface area contributed by atoms with Crippen molar-refractivity contribution >= 4 is 38.7 Å². The average molecular weight is 391 g/mol. The topological polar surface area (TPSA) is 80.3 Å². The molecule has 1 aliphatic rings. The van der Waals surface area contributed by atoms with Crippen molar-refractivity contribution < 1.29 is 9.21 Å². The Morgan fingerprint density at radius 2 is 2.00 bits per heavy atom. The Bertz CT molecular complexity index is 896. The molecule has 1 amide bonds. The fourth-order valence-electron chi connectivity index (χ4n) is 2.91. The number of nitrogens with zero attached hydrogens (tertiary/aromatic N) is 6. The minimum Gasteiger partial charge on any atom is -0.444 e. The molecule has 3 aromatic rings. The first kappa shape index (κ1) is 15.1. The Morgan fingerprint density at radius 1 is 1.21 bits per heavy atom. The summed E-state index contributed by atoms with van der Waals surface area (Å²) in [5.74, 6) is 1.13. The van der Waals surface area contributed by atoms with Crippen molar-refractivity contribution in [3.05, 3.63) is 35.1 Å². The molecule has 0 spiro atoms. The van der Waals surface area contributed by atoms with Crippen LogP contribution in [-0.2, 0) is 7.05 Å². The summed E-state index contributed by atoms with van der Waals surface area (Å²) in [5.41, 5.74) is 0.805. The normalized spacial score (nSPS) is 15.2. The molecule has 4 heterocycles. The monoisotopic (exact) mass is 390 g/mol. The van der Waals surface area contributed by atoms with Crippen molar-refractivity contribution in [3.63, 3.8) is 0 Å². The van der Waals surface area contributed by atoms with Crippen molar-refractivity contribution in [2.24, 2.45) is 7.05 Å². The molecule has 1 saturated heterocycles. The zero-order valence-electron chi connectivity index (χ0n) is 13.0. The van der Waals surface area contributed by atoms with E-state index in [1.807, 2.05) is 7.05 Å². The lowest BCUT2D eigenvalue weighted by Crippen LogP contribution is -2.49. The molecule has 0 unspecified atom stereocenters. The van der Waals surface area contributed by atoms with Gasteiger partial charge in [-0.3, -0.25) is 9.48 Å². The molecule has 0 N–H and O–H groups in total. The van der Waals surface area contributed by atoms with Crippen LogP contribution in [0.4, 0.5) is 5.82 Å². The van der Waals surface area contributed by atoms with E-state index in [0.29, 0.717) is 36.6 Å². The fourth-order valence-corrected chi connectivity index (χ4v) is 3.21. The highest BCUT2D eigenvalue weighted by atomic mass is 79.9. The summed E-state index contributed by atoms with van der Waals surface area (Å²) in [7, 11) is 1.86. The van der Waals surface area contributed by atoms with Crippen LogP contribution in [0.3, 0.4) is 0 Å². The molecule has 8 nitrogen and oxygen atoms in total. The highest BCUT2D eigenvalue weighted by Crippen LogP contribution is 2.24. The number of piperazine rings is 1. The van der Waals surface area contributed by atoms with Gasteiger partial charge in [0, 0.05) is 33.2 Å². The first-order valence-electron chi connectivity index (χ1n) is 7.56. The predicted molar refractivity (Wildman–Crippen MR) is 90.8 cm³/mol. The Balaban J connectivity index is 1.50.